The van der Waals surface area contributed by atoms with E-state index in [9.17, 15) is 0 Å². The van der Waals surface area contributed by atoms with Gasteiger partial charge in [-0.2, -0.15) is 0 Å². The Bertz CT molecular complexity index is 3560. The van der Waals surface area contributed by atoms with Gasteiger partial charge >= 0.3 is 0 Å². The van der Waals surface area contributed by atoms with Crippen molar-refractivity contribution in [3.63, 3.8) is 0 Å². The molecule has 2 heterocycles. The third-order valence-electron chi connectivity index (χ3n) is 12.5. The molecule has 0 N–H and O–H groups in total. The summed E-state index contributed by atoms with van der Waals surface area (Å²) in [4.78, 5) is 0. The minimum Gasteiger partial charge on any atom is -0.309 e. The second-order valence-electron chi connectivity index (χ2n) is 16.1. The van der Waals surface area contributed by atoms with E-state index >= 15 is 0 Å². The van der Waals surface area contributed by atoms with Crippen LogP contribution < -0.4 is 0 Å². The van der Waals surface area contributed by atoms with Gasteiger partial charge in [0.25, 0.3) is 0 Å². The van der Waals surface area contributed by atoms with E-state index in [-0.39, 0.29) is 5.92 Å². The molecule has 0 radical (unpaired) electrons. The number of aromatic nitrogens is 1. The maximum atomic E-state index is 2.43. The van der Waals surface area contributed by atoms with Gasteiger partial charge in [0.15, 0.2) is 0 Å². The molecule has 0 amide bonds. The van der Waals surface area contributed by atoms with Crippen molar-refractivity contribution in [1.82, 2.24) is 4.57 Å². The van der Waals surface area contributed by atoms with Gasteiger partial charge in [-0.15, -0.1) is 11.3 Å². The zero-order chi connectivity index (χ0) is 40.3. The summed E-state index contributed by atoms with van der Waals surface area (Å²) < 4.78 is 5.06. The van der Waals surface area contributed by atoms with Crippen molar-refractivity contribution in [2.45, 2.75) is 5.92 Å². The van der Waals surface area contributed by atoms with Crippen LogP contribution in [0.3, 0.4) is 0 Å². The first-order valence-corrected chi connectivity index (χ1v) is 21.8. The molecule has 1 unspecified atom stereocenters. The summed E-state index contributed by atoms with van der Waals surface area (Å²) in [6, 6.07) is 84.8. The van der Waals surface area contributed by atoms with Crippen LogP contribution in [0.15, 0.2) is 231 Å². The topological polar surface area (TPSA) is 4.93 Å². The van der Waals surface area contributed by atoms with E-state index in [0.717, 1.165) is 0 Å². The predicted molar refractivity (Wildman–Crippen MR) is 261 cm³/mol. The molecule has 2 heteroatoms. The zero-order valence-corrected chi connectivity index (χ0v) is 34.2. The fraction of sp³-hybridized carbons (Fsp3) is 0.0169. The fourth-order valence-corrected chi connectivity index (χ4v) is 10.8. The molecule has 1 atom stereocenters. The van der Waals surface area contributed by atoms with Crippen LogP contribution in [0.2, 0.25) is 0 Å². The number of fused-ring (bicyclic) bond motifs is 8. The van der Waals surface area contributed by atoms with Gasteiger partial charge in [0.1, 0.15) is 0 Å². The van der Waals surface area contributed by atoms with E-state index in [1.807, 2.05) is 11.3 Å². The largest absolute Gasteiger partial charge is 0.309 e. The summed E-state index contributed by atoms with van der Waals surface area (Å²) in [6.07, 6.45) is 0. The van der Waals surface area contributed by atoms with Gasteiger partial charge in [-0.1, -0.05) is 182 Å². The molecule has 61 heavy (non-hydrogen) atoms. The van der Waals surface area contributed by atoms with Gasteiger partial charge in [0.05, 0.1) is 11.0 Å². The number of rotatable bonds is 7. The van der Waals surface area contributed by atoms with Crippen LogP contribution in [0.25, 0.3) is 91.8 Å². The average Bonchev–Trinajstić information content (AvgIpc) is 3.87. The molecule has 0 saturated carbocycles. The molecule has 286 valence electrons. The minimum atomic E-state index is 0.109. The molecule has 0 bridgehead atoms. The highest BCUT2D eigenvalue weighted by molar-refractivity contribution is 7.26. The van der Waals surface area contributed by atoms with E-state index in [1.165, 1.54) is 109 Å². The summed E-state index contributed by atoms with van der Waals surface area (Å²) in [5.41, 5.74) is 14.8. The molecule has 10 aromatic carbocycles. The molecular weight excluding hydrogens is 755 g/mol. The van der Waals surface area contributed by atoms with Gasteiger partial charge in [-0.3, -0.25) is 0 Å². The standard InChI is InChI=1S/C59H39NS/c1-4-14-39(15-5-1)40-26-28-42(29-27-40)58(41-16-6-2-7-17-41)48-21-13-20-45(35-48)43-18-12-19-44(34-43)46-31-33-57-54(36-46)51-32-30-47-37-53-50-24-10-11-25-55(50)60(49-22-8-3-9-23-49)56(53)38-52(47)59(51)61-57/h1-38,58H. The van der Waals surface area contributed by atoms with Crippen LogP contribution in [0, 0.1) is 0 Å². The molecular formula is C59H39NS. The number of para-hydroxylation sites is 2. The van der Waals surface area contributed by atoms with Crippen molar-refractivity contribution in [3.05, 3.63) is 247 Å². The fourth-order valence-electron chi connectivity index (χ4n) is 9.55. The molecule has 0 aliphatic rings. The SMILES string of the molecule is c1ccc(-c2ccc(C(c3ccccc3)c3cccc(-c4cccc(-c5ccc6sc7c8cc9c(cc8ccc7c6c5)c5ccccc5n9-c5ccccc5)c4)c3)cc2)cc1. The van der Waals surface area contributed by atoms with Crippen LogP contribution in [0.5, 0.6) is 0 Å². The van der Waals surface area contributed by atoms with Gasteiger partial charge in [-0.05, 0) is 104 Å². The number of thiophene rings is 1. The Kier molecular flexibility index (Phi) is 8.50. The maximum absolute atomic E-state index is 2.43. The van der Waals surface area contributed by atoms with E-state index in [0.29, 0.717) is 0 Å². The van der Waals surface area contributed by atoms with Gasteiger partial charge < -0.3 is 4.57 Å². The Morgan fingerprint density at radius 1 is 0.311 bits per heavy atom. The van der Waals surface area contributed by atoms with Crippen molar-refractivity contribution in [3.8, 4) is 39.1 Å². The van der Waals surface area contributed by atoms with Crippen LogP contribution in [0.4, 0.5) is 0 Å². The second-order valence-corrected chi connectivity index (χ2v) is 17.1. The van der Waals surface area contributed by atoms with Crippen LogP contribution in [-0.4, -0.2) is 4.57 Å². The number of nitrogens with zero attached hydrogens (tertiary/aromatic N) is 1. The smallest absolute Gasteiger partial charge is 0.0547 e. The quantitative estimate of drug-likeness (QED) is 0.142. The Morgan fingerprint density at radius 3 is 1.69 bits per heavy atom. The Balaban J connectivity index is 0.926. The normalized spacial score (nSPS) is 12.2. The lowest BCUT2D eigenvalue weighted by Gasteiger charge is -2.20. The Morgan fingerprint density at radius 2 is 0.902 bits per heavy atom. The first-order chi connectivity index (χ1) is 30.2. The first kappa shape index (κ1) is 35.4. The van der Waals surface area contributed by atoms with Crippen LogP contribution in [0.1, 0.15) is 22.6 Å². The maximum Gasteiger partial charge on any atom is 0.0547 e. The van der Waals surface area contributed by atoms with Crippen molar-refractivity contribution in [1.29, 1.82) is 0 Å². The lowest BCUT2D eigenvalue weighted by atomic mass is 9.83. The molecule has 2 aromatic heterocycles. The first-order valence-electron chi connectivity index (χ1n) is 21.0. The monoisotopic (exact) mass is 793 g/mol. The summed E-state index contributed by atoms with van der Waals surface area (Å²) in [7, 11) is 0. The van der Waals surface area contributed by atoms with Crippen molar-refractivity contribution < 1.29 is 0 Å². The third-order valence-corrected chi connectivity index (χ3v) is 13.7. The third kappa shape index (κ3) is 6.15. The molecule has 0 fully saturated rings. The van der Waals surface area contributed by atoms with Gasteiger partial charge in [0, 0.05) is 47.9 Å². The Labute approximate surface area is 359 Å². The molecule has 0 aliphatic heterocycles. The molecule has 0 aliphatic carbocycles. The highest BCUT2D eigenvalue weighted by atomic mass is 32.1. The van der Waals surface area contributed by atoms with Gasteiger partial charge in [-0.25, -0.2) is 0 Å². The van der Waals surface area contributed by atoms with Crippen molar-refractivity contribution in [2.75, 3.05) is 0 Å². The van der Waals surface area contributed by atoms with E-state index < -0.39 is 0 Å². The average molecular weight is 794 g/mol. The summed E-state index contributed by atoms with van der Waals surface area (Å²) >= 11 is 1.90. The van der Waals surface area contributed by atoms with Gasteiger partial charge in [0.2, 0.25) is 0 Å². The molecule has 12 rings (SSSR count). The Hall–Kier alpha value is -7.52. The molecule has 12 aromatic rings. The van der Waals surface area contributed by atoms with Crippen molar-refractivity contribution in [2.24, 2.45) is 0 Å². The number of benzene rings is 10. The van der Waals surface area contributed by atoms with E-state index in [4.69, 9.17) is 0 Å². The minimum absolute atomic E-state index is 0.109. The highest BCUT2D eigenvalue weighted by Crippen LogP contribution is 2.43. The van der Waals surface area contributed by atoms with E-state index in [2.05, 4.69) is 235 Å². The van der Waals surface area contributed by atoms with Crippen LogP contribution in [-0.2, 0) is 0 Å². The summed E-state index contributed by atoms with van der Waals surface area (Å²) in [5, 5.41) is 7.76. The van der Waals surface area contributed by atoms with Crippen LogP contribution >= 0.6 is 11.3 Å². The molecule has 0 spiro atoms. The molecule has 0 saturated heterocycles. The van der Waals surface area contributed by atoms with E-state index in [1.54, 1.807) is 0 Å². The second kappa shape index (κ2) is 14.6. The summed E-state index contributed by atoms with van der Waals surface area (Å²) in [5.74, 6) is 0.109. The lowest BCUT2D eigenvalue weighted by molar-refractivity contribution is 0.978. The number of hydrogen-bond acceptors (Lipinski definition) is 1. The predicted octanol–water partition coefficient (Wildman–Crippen LogP) is 16.5. The highest BCUT2D eigenvalue weighted by Gasteiger charge is 2.19. The van der Waals surface area contributed by atoms with Crippen molar-refractivity contribution >= 4 is 64.1 Å². The zero-order valence-electron chi connectivity index (χ0n) is 33.4. The molecule has 1 nitrogen and oxygen atoms in total. The number of hydrogen-bond donors (Lipinski definition) is 0. The lowest BCUT2D eigenvalue weighted by Crippen LogP contribution is -2.03. The summed E-state index contributed by atoms with van der Waals surface area (Å²) in [6.45, 7) is 0.